The minimum absolute atomic E-state index is 0. The molecule has 66 valence electrons. The van der Waals surface area contributed by atoms with Gasteiger partial charge in [-0.2, -0.15) is 0 Å². The van der Waals surface area contributed by atoms with E-state index in [1.165, 1.54) is 0 Å². The van der Waals surface area contributed by atoms with Gasteiger partial charge < -0.3 is 5.43 Å². The van der Waals surface area contributed by atoms with Crippen LogP contribution in [-0.2, 0) is 0 Å². The van der Waals surface area contributed by atoms with Crippen molar-refractivity contribution in [3.8, 4) is 0 Å². The zero-order valence-electron chi connectivity index (χ0n) is 5.56. The molecular formula is C5H10Cl3N3. The van der Waals surface area contributed by atoms with E-state index in [4.69, 9.17) is 5.84 Å². The van der Waals surface area contributed by atoms with Crippen LogP contribution in [0.4, 0.5) is 5.69 Å². The number of nitrogens with zero attached hydrogens (tertiary/aromatic N) is 1. The average Bonchev–Trinajstić information content (AvgIpc) is 1.90. The number of hydrogen-bond acceptors (Lipinski definition) is 3. The molecule has 1 aromatic rings. The molecule has 0 unspecified atom stereocenters. The molecule has 0 aliphatic heterocycles. The van der Waals surface area contributed by atoms with Crippen LogP contribution in [-0.4, -0.2) is 4.98 Å². The number of aromatic nitrogens is 1. The van der Waals surface area contributed by atoms with Crippen molar-refractivity contribution in [3.05, 3.63) is 24.5 Å². The molecule has 0 spiro atoms. The zero-order valence-corrected chi connectivity index (χ0v) is 8.01. The minimum atomic E-state index is 0. The van der Waals surface area contributed by atoms with Crippen molar-refractivity contribution >= 4 is 42.9 Å². The molecule has 0 amide bonds. The Balaban J connectivity index is -0.000000213. The Hall–Kier alpha value is -0.220. The molecule has 6 heteroatoms. The summed E-state index contributed by atoms with van der Waals surface area (Å²) in [5.41, 5.74) is 3.36. The molecule has 1 aromatic heterocycles. The van der Waals surface area contributed by atoms with Gasteiger partial charge in [0.1, 0.15) is 0 Å². The Bertz CT molecular complexity index is 158. The number of hydrazine groups is 1. The van der Waals surface area contributed by atoms with Gasteiger partial charge in [0.05, 0.1) is 5.69 Å². The van der Waals surface area contributed by atoms with Crippen molar-refractivity contribution in [2.75, 3.05) is 5.43 Å². The van der Waals surface area contributed by atoms with E-state index in [0.29, 0.717) is 0 Å². The molecule has 1 rings (SSSR count). The third kappa shape index (κ3) is 6.19. The van der Waals surface area contributed by atoms with Crippen LogP contribution in [0.15, 0.2) is 24.5 Å². The summed E-state index contributed by atoms with van der Waals surface area (Å²) >= 11 is 0. The van der Waals surface area contributed by atoms with Gasteiger partial charge in [-0.3, -0.25) is 10.8 Å². The van der Waals surface area contributed by atoms with Crippen molar-refractivity contribution in [1.29, 1.82) is 0 Å². The van der Waals surface area contributed by atoms with Gasteiger partial charge in [-0.15, -0.1) is 37.2 Å². The smallest absolute Gasteiger partial charge is 0.0515 e. The fraction of sp³-hybridized carbons (Fsp3) is 0. The number of rotatable bonds is 1. The summed E-state index contributed by atoms with van der Waals surface area (Å²) in [5, 5.41) is 0. The Morgan fingerprint density at radius 1 is 1.09 bits per heavy atom. The Morgan fingerprint density at radius 3 is 1.82 bits per heavy atom. The van der Waals surface area contributed by atoms with E-state index in [-0.39, 0.29) is 37.2 Å². The highest BCUT2D eigenvalue weighted by Gasteiger charge is 1.79. The SMILES string of the molecule is Cl.Cl.Cl.NNc1ccncc1. The third-order valence-corrected chi connectivity index (χ3v) is 0.847. The molecular weight excluding hydrogens is 208 g/mol. The van der Waals surface area contributed by atoms with Gasteiger partial charge in [0, 0.05) is 12.4 Å². The maximum Gasteiger partial charge on any atom is 0.0515 e. The van der Waals surface area contributed by atoms with Gasteiger partial charge in [-0.05, 0) is 12.1 Å². The first-order valence-corrected chi connectivity index (χ1v) is 2.30. The minimum Gasteiger partial charge on any atom is -0.324 e. The number of anilines is 1. The van der Waals surface area contributed by atoms with Gasteiger partial charge in [-0.1, -0.05) is 0 Å². The molecule has 11 heavy (non-hydrogen) atoms. The molecule has 3 N–H and O–H groups in total. The van der Waals surface area contributed by atoms with Gasteiger partial charge in [0.25, 0.3) is 0 Å². The molecule has 0 saturated heterocycles. The van der Waals surface area contributed by atoms with Gasteiger partial charge in [0.15, 0.2) is 0 Å². The molecule has 0 aliphatic rings. The highest BCUT2D eigenvalue weighted by Crippen LogP contribution is 1.98. The van der Waals surface area contributed by atoms with Gasteiger partial charge >= 0.3 is 0 Å². The van der Waals surface area contributed by atoms with Crippen LogP contribution in [0.25, 0.3) is 0 Å². The van der Waals surface area contributed by atoms with Gasteiger partial charge in [0.2, 0.25) is 0 Å². The topological polar surface area (TPSA) is 50.9 Å². The molecule has 0 saturated carbocycles. The van der Waals surface area contributed by atoms with Crippen molar-refractivity contribution in [2.45, 2.75) is 0 Å². The van der Waals surface area contributed by atoms with Gasteiger partial charge in [-0.25, -0.2) is 0 Å². The van der Waals surface area contributed by atoms with Crippen LogP contribution >= 0.6 is 37.2 Å². The summed E-state index contributed by atoms with van der Waals surface area (Å²) in [4.78, 5) is 3.80. The number of nitrogen functional groups attached to an aromatic ring is 1. The molecule has 0 fully saturated rings. The lowest BCUT2D eigenvalue weighted by atomic mass is 10.4. The van der Waals surface area contributed by atoms with Crippen molar-refractivity contribution < 1.29 is 0 Å². The number of pyridine rings is 1. The first-order valence-electron chi connectivity index (χ1n) is 2.30. The highest BCUT2D eigenvalue weighted by molar-refractivity contribution is 5.86. The Kier molecular flexibility index (Phi) is 15.1. The largest absolute Gasteiger partial charge is 0.324 e. The van der Waals surface area contributed by atoms with Crippen LogP contribution < -0.4 is 11.3 Å². The van der Waals surface area contributed by atoms with E-state index < -0.39 is 0 Å². The first-order chi connectivity index (χ1) is 3.93. The van der Waals surface area contributed by atoms with Crippen molar-refractivity contribution in [3.63, 3.8) is 0 Å². The summed E-state index contributed by atoms with van der Waals surface area (Å²) in [6.45, 7) is 0. The lowest BCUT2D eigenvalue weighted by molar-refractivity contribution is 1.28. The fourth-order valence-electron chi connectivity index (χ4n) is 0.448. The molecule has 0 aliphatic carbocycles. The number of hydrogen-bond donors (Lipinski definition) is 2. The van der Waals surface area contributed by atoms with E-state index in [1.54, 1.807) is 24.5 Å². The summed E-state index contributed by atoms with van der Waals surface area (Å²) in [6.07, 6.45) is 3.35. The van der Waals surface area contributed by atoms with Crippen molar-refractivity contribution in [1.82, 2.24) is 4.98 Å². The first kappa shape index (κ1) is 17.0. The van der Waals surface area contributed by atoms with Crippen LogP contribution in [0.3, 0.4) is 0 Å². The second kappa shape index (κ2) is 9.78. The summed E-state index contributed by atoms with van der Waals surface area (Å²) < 4.78 is 0. The monoisotopic (exact) mass is 217 g/mol. The predicted molar refractivity (Wildman–Crippen MR) is 53.8 cm³/mol. The lowest BCUT2D eigenvalue weighted by Crippen LogP contribution is -2.05. The van der Waals surface area contributed by atoms with Crippen LogP contribution in [0.2, 0.25) is 0 Å². The van der Waals surface area contributed by atoms with E-state index in [1.807, 2.05) is 0 Å². The summed E-state index contributed by atoms with van der Waals surface area (Å²) in [7, 11) is 0. The Labute approximate surface area is 84.0 Å². The molecule has 1 heterocycles. The number of nitrogens with two attached hydrogens (primary N) is 1. The molecule has 0 atom stereocenters. The van der Waals surface area contributed by atoms with E-state index in [0.717, 1.165) is 5.69 Å². The number of nitrogens with one attached hydrogen (secondary N) is 1. The van der Waals surface area contributed by atoms with Crippen molar-refractivity contribution in [2.24, 2.45) is 5.84 Å². The maximum absolute atomic E-state index is 5.07. The normalized spacial score (nSPS) is 6.27. The standard InChI is InChI=1S/C5H7N3.3ClH/c6-8-5-1-3-7-4-2-5;;;/h1-4H,6H2,(H,7,8);3*1H. The van der Waals surface area contributed by atoms with E-state index >= 15 is 0 Å². The third-order valence-electron chi connectivity index (χ3n) is 0.847. The second-order valence-electron chi connectivity index (χ2n) is 1.38. The number of halogens is 3. The molecule has 0 bridgehead atoms. The predicted octanol–water partition coefficient (Wildman–Crippen LogP) is 1.63. The highest BCUT2D eigenvalue weighted by atomic mass is 35.5. The van der Waals surface area contributed by atoms with Crippen LogP contribution in [0.1, 0.15) is 0 Å². The summed E-state index contributed by atoms with van der Waals surface area (Å²) in [5.74, 6) is 5.07. The zero-order chi connectivity index (χ0) is 5.82. The maximum atomic E-state index is 5.07. The molecule has 3 nitrogen and oxygen atoms in total. The fourth-order valence-corrected chi connectivity index (χ4v) is 0.448. The molecule has 0 radical (unpaired) electrons. The average molecular weight is 219 g/mol. The lowest BCUT2D eigenvalue weighted by Gasteiger charge is -1.93. The van der Waals surface area contributed by atoms with Crippen LogP contribution in [0, 0.1) is 0 Å². The van der Waals surface area contributed by atoms with Crippen LogP contribution in [0.5, 0.6) is 0 Å². The van der Waals surface area contributed by atoms with E-state index in [9.17, 15) is 0 Å². The second-order valence-corrected chi connectivity index (χ2v) is 1.38. The quantitative estimate of drug-likeness (QED) is 0.556. The summed E-state index contributed by atoms with van der Waals surface area (Å²) in [6, 6.07) is 3.58. The van der Waals surface area contributed by atoms with E-state index in [2.05, 4.69) is 10.4 Å². The Morgan fingerprint density at radius 2 is 1.55 bits per heavy atom. The molecule has 0 aromatic carbocycles.